The smallest absolute Gasteiger partial charge is 0.0571 e. The maximum absolute atomic E-state index is 5.97. The van der Waals surface area contributed by atoms with E-state index >= 15 is 0 Å². The third-order valence-electron chi connectivity index (χ3n) is 3.66. The molecular weight excluding hydrogens is 246 g/mol. The normalized spacial score (nSPS) is 11.1. The van der Waals surface area contributed by atoms with Crippen LogP contribution >= 0.6 is 0 Å². The van der Waals surface area contributed by atoms with Crippen LogP contribution in [-0.4, -0.2) is 12.0 Å². The van der Waals surface area contributed by atoms with Gasteiger partial charge in [-0.05, 0) is 42.3 Å². The van der Waals surface area contributed by atoms with Gasteiger partial charge < -0.3 is 16.0 Å². The topological polar surface area (TPSA) is 53.8 Å². The van der Waals surface area contributed by atoms with Crippen LogP contribution in [0.1, 0.15) is 16.7 Å². The Morgan fingerprint density at radius 1 is 1.10 bits per heavy atom. The van der Waals surface area contributed by atoms with E-state index < -0.39 is 0 Å². The largest absolute Gasteiger partial charge is 0.397 e. The van der Waals surface area contributed by atoms with Gasteiger partial charge in [-0.2, -0.15) is 0 Å². The maximum Gasteiger partial charge on any atom is 0.0571 e. The number of fused-ring (bicyclic) bond motifs is 1. The predicted octanol–water partition coefficient (Wildman–Crippen LogP) is 3.06. The van der Waals surface area contributed by atoms with Crippen molar-refractivity contribution in [1.29, 1.82) is 0 Å². The lowest BCUT2D eigenvalue weighted by Crippen LogP contribution is -2.07. The number of nitrogen functional groups attached to an aromatic ring is 1. The molecule has 0 spiro atoms. The second-order valence-corrected chi connectivity index (χ2v) is 5.10. The number of nitrogens with two attached hydrogens (primary N) is 1. The summed E-state index contributed by atoms with van der Waals surface area (Å²) in [6.07, 6.45) is 2.78. The van der Waals surface area contributed by atoms with E-state index in [4.69, 9.17) is 5.73 Å². The van der Waals surface area contributed by atoms with Crippen LogP contribution in [0.4, 0.5) is 5.69 Å². The van der Waals surface area contributed by atoms with E-state index in [1.54, 1.807) is 0 Å². The third-order valence-corrected chi connectivity index (χ3v) is 3.66. The molecule has 0 amide bonds. The molecule has 3 nitrogen and oxygen atoms in total. The highest BCUT2D eigenvalue weighted by Crippen LogP contribution is 2.23. The molecule has 2 aromatic carbocycles. The lowest BCUT2D eigenvalue weighted by molar-refractivity contribution is 0.808. The van der Waals surface area contributed by atoms with Crippen molar-refractivity contribution in [3.8, 4) is 0 Å². The van der Waals surface area contributed by atoms with Crippen LogP contribution in [0, 0.1) is 0 Å². The van der Waals surface area contributed by atoms with Crippen molar-refractivity contribution in [2.45, 2.75) is 13.0 Å². The first-order valence-corrected chi connectivity index (χ1v) is 6.85. The van der Waals surface area contributed by atoms with Gasteiger partial charge in [0.05, 0.1) is 5.69 Å². The minimum Gasteiger partial charge on any atom is -0.397 e. The Kier molecular flexibility index (Phi) is 3.44. The number of anilines is 1. The fourth-order valence-corrected chi connectivity index (χ4v) is 2.61. The molecule has 0 saturated heterocycles. The highest BCUT2D eigenvalue weighted by atomic mass is 14.8. The minimum absolute atomic E-state index is 0.811. The molecule has 0 fully saturated rings. The van der Waals surface area contributed by atoms with Gasteiger partial charge in [0, 0.05) is 23.6 Å². The molecule has 3 aromatic rings. The summed E-state index contributed by atoms with van der Waals surface area (Å²) in [5.41, 5.74) is 11.9. The second-order valence-electron chi connectivity index (χ2n) is 5.10. The van der Waals surface area contributed by atoms with Gasteiger partial charge in [-0.25, -0.2) is 0 Å². The molecule has 1 aromatic heterocycles. The van der Waals surface area contributed by atoms with Crippen molar-refractivity contribution in [3.63, 3.8) is 0 Å². The zero-order valence-corrected chi connectivity index (χ0v) is 11.6. The van der Waals surface area contributed by atoms with Gasteiger partial charge in [-0.1, -0.05) is 30.3 Å². The molecule has 3 rings (SSSR count). The zero-order valence-electron chi connectivity index (χ0n) is 11.6. The van der Waals surface area contributed by atoms with E-state index in [2.05, 4.69) is 52.8 Å². The summed E-state index contributed by atoms with van der Waals surface area (Å²) in [6.45, 7) is 0.894. The molecular formula is C17H19N3. The van der Waals surface area contributed by atoms with E-state index in [0.29, 0.717) is 0 Å². The van der Waals surface area contributed by atoms with Gasteiger partial charge >= 0.3 is 0 Å². The number of aromatic nitrogens is 1. The monoisotopic (exact) mass is 265 g/mol. The fourth-order valence-electron chi connectivity index (χ4n) is 2.61. The van der Waals surface area contributed by atoms with Crippen molar-refractivity contribution in [2.75, 3.05) is 12.8 Å². The summed E-state index contributed by atoms with van der Waals surface area (Å²) in [4.78, 5) is 3.18. The van der Waals surface area contributed by atoms with Gasteiger partial charge in [-0.3, -0.25) is 0 Å². The predicted molar refractivity (Wildman–Crippen MR) is 84.7 cm³/mol. The molecule has 0 radical (unpaired) electrons. The molecule has 0 aliphatic carbocycles. The second kappa shape index (κ2) is 5.39. The molecule has 0 aliphatic rings. The lowest BCUT2D eigenvalue weighted by atomic mass is 9.99. The first-order chi connectivity index (χ1) is 9.78. The summed E-state index contributed by atoms with van der Waals surface area (Å²) in [5, 5.41) is 4.32. The molecule has 4 N–H and O–H groups in total. The minimum atomic E-state index is 0.811. The van der Waals surface area contributed by atoms with Gasteiger partial charge in [0.15, 0.2) is 0 Å². The van der Waals surface area contributed by atoms with E-state index in [9.17, 15) is 0 Å². The number of hydrogen-bond acceptors (Lipinski definition) is 2. The van der Waals surface area contributed by atoms with Crippen molar-refractivity contribution in [3.05, 3.63) is 65.4 Å². The average Bonchev–Trinajstić information content (AvgIpc) is 2.83. The molecule has 102 valence electrons. The van der Waals surface area contributed by atoms with Crippen LogP contribution in [0.2, 0.25) is 0 Å². The highest BCUT2D eigenvalue weighted by molar-refractivity contribution is 5.91. The Bertz CT molecular complexity index is 728. The van der Waals surface area contributed by atoms with Crippen LogP contribution < -0.4 is 11.1 Å². The SMILES string of the molecule is CNCc1ccccc1Cc1ccc2[nH]cc(N)c2c1. The van der Waals surface area contributed by atoms with E-state index in [1.165, 1.54) is 16.7 Å². The fraction of sp³-hybridized carbons (Fsp3) is 0.176. The number of rotatable bonds is 4. The summed E-state index contributed by atoms with van der Waals surface area (Å²) in [6, 6.07) is 15.0. The molecule has 0 unspecified atom stereocenters. The first-order valence-electron chi connectivity index (χ1n) is 6.85. The quantitative estimate of drug-likeness (QED) is 0.679. The lowest BCUT2D eigenvalue weighted by Gasteiger charge is -2.09. The van der Waals surface area contributed by atoms with Gasteiger partial charge in [0.25, 0.3) is 0 Å². The number of hydrogen-bond donors (Lipinski definition) is 3. The van der Waals surface area contributed by atoms with Gasteiger partial charge in [0.1, 0.15) is 0 Å². The number of benzene rings is 2. The molecule has 1 heterocycles. The maximum atomic E-state index is 5.97. The molecule has 0 atom stereocenters. The Morgan fingerprint density at radius 3 is 2.70 bits per heavy atom. The Balaban J connectivity index is 1.94. The molecule has 3 heteroatoms. The first kappa shape index (κ1) is 12.8. The number of nitrogens with one attached hydrogen (secondary N) is 2. The molecule has 0 saturated carbocycles. The number of H-pyrrole nitrogens is 1. The molecule has 20 heavy (non-hydrogen) atoms. The zero-order chi connectivity index (χ0) is 13.9. The van der Waals surface area contributed by atoms with Crippen LogP contribution in [-0.2, 0) is 13.0 Å². The van der Waals surface area contributed by atoms with Crippen LogP contribution in [0.3, 0.4) is 0 Å². The standard InChI is InChI=1S/C17H19N3/c1-19-10-14-5-3-2-4-13(14)8-12-6-7-17-15(9-12)16(18)11-20-17/h2-7,9,11,19-20H,8,10,18H2,1H3. The van der Waals surface area contributed by atoms with Crippen LogP contribution in [0.5, 0.6) is 0 Å². The Hall–Kier alpha value is -2.26. The summed E-state index contributed by atoms with van der Waals surface area (Å²) < 4.78 is 0. The van der Waals surface area contributed by atoms with Gasteiger partial charge in [-0.15, -0.1) is 0 Å². The third kappa shape index (κ3) is 2.40. The van der Waals surface area contributed by atoms with Crippen molar-refractivity contribution >= 4 is 16.6 Å². The van der Waals surface area contributed by atoms with Crippen molar-refractivity contribution < 1.29 is 0 Å². The van der Waals surface area contributed by atoms with E-state index in [-0.39, 0.29) is 0 Å². The summed E-state index contributed by atoms with van der Waals surface area (Å²) >= 11 is 0. The summed E-state index contributed by atoms with van der Waals surface area (Å²) in [7, 11) is 1.98. The molecule has 0 bridgehead atoms. The van der Waals surface area contributed by atoms with E-state index in [1.807, 2.05) is 13.2 Å². The van der Waals surface area contributed by atoms with Crippen LogP contribution in [0.15, 0.2) is 48.7 Å². The highest BCUT2D eigenvalue weighted by Gasteiger charge is 2.05. The van der Waals surface area contributed by atoms with Crippen molar-refractivity contribution in [2.24, 2.45) is 0 Å². The number of aromatic amines is 1. The van der Waals surface area contributed by atoms with Crippen LogP contribution in [0.25, 0.3) is 10.9 Å². The summed E-state index contributed by atoms with van der Waals surface area (Å²) in [5.74, 6) is 0. The van der Waals surface area contributed by atoms with Gasteiger partial charge in [0.2, 0.25) is 0 Å². The van der Waals surface area contributed by atoms with Crippen molar-refractivity contribution in [1.82, 2.24) is 10.3 Å². The Labute approximate surface area is 118 Å². The Morgan fingerprint density at radius 2 is 1.90 bits per heavy atom. The molecule has 0 aliphatic heterocycles. The average molecular weight is 265 g/mol. The van der Waals surface area contributed by atoms with E-state index in [0.717, 1.165) is 29.6 Å².